The molecule has 1 aromatic rings. The third-order valence-corrected chi connectivity index (χ3v) is 1.72. The van der Waals surface area contributed by atoms with Crippen molar-refractivity contribution in [2.75, 3.05) is 0 Å². The van der Waals surface area contributed by atoms with Crippen LogP contribution >= 0.6 is 23.2 Å². The van der Waals surface area contributed by atoms with Crippen molar-refractivity contribution in [1.82, 2.24) is 4.74 Å². The first-order valence-electron chi connectivity index (χ1n) is 2.59. The van der Waals surface area contributed by atoms with E-state index in [0.29, 0.717) is 5.76 Å². The number of aryl methyl sites for hydroxylation is 1. The molecule has 5 heteroatoms. The summed E-state index contributed by atoms with van der Waals surface area (Å²) in [6, 6.07) is -0.00755. The molecule has 0 saturated heterocycles. The van der Waals surface area contributed by atoms with E-state index in [4.69, 9.17) is 27.7 Å². The molecule has 3 nitrogen and oxygen atoms in total. The monoisotopic (exact) mass is 181 g/mol. The van der Waals surface area contributed by atoms with Crippen LogP contribution in [0.5, 0.6) is 0 Å². The summed E-state index contributed by atoms with van der Waals surface area (Å²) < 4.78 is 5.82. The summed E-state index contributed by atoms with van der Waals surface area (Å²) in [5.41, 5.74) is -0.380. The van der Waals surface area contributed by atoms with Crippen LogP contribution in [0.2, 0.25) is 5.02 Å². The van der Waals surface area contributed by atoms with Gasteiger partial charge in [0.1, 0.15) is 11.0 Å². The van der Waals surface area contributed by atoms with Gasteiger partial charge in [-0.1, -0.05) is 23.2 Å². The minimum Gasteiger partial charge on any atom is -0.378 e. The van der Waals surface area contributed by atoms with E-state index in [9.17, 15) is 4.79 Å². The van der Waals surface area contributed by atoms with Gasteiger partial charge in [-0.05, 0) is 6.92 Å². The van der Waals surface area contributed by atoms with E-state index < -0.39 is 0 Å². The number of aromatic nitrogens is 1. The van der Waals surface area contributed by atoms with Crippen molar-refractivity contribution < 1.29 is 4.52 Å². The SMILES string of the molecule is Cc1on(CCl)c(=O)c1Cl. The Morgan fingerprint density at radius 2 is 2.30 bits per heavy atom. The zero-order chi connectivity index (χ0) is 7.72. The highest BCUT2D eigenvalue weighted by Gasteiger charge is 2.08. The summed E-state index contributed by atoms with van der Waals surface area (Å²) in [6.45, 7) is 1.60. The van der Waals surface area contributed by atoms with Crippen LogP contribution in [0.1, 0.15) is 5.76 Å². The van der Waals surface area contributed by atoms with Crippen LogP contribution < -0.4 is 5.56 Å². The highest BCUT2D eigenvalue weighted by atomic mass is 35.5. The molecule has 0 unspecified atom stereocenters. The first-order valence-corrected chi connectivity index (χ1v) is 3.50. The molecule has 0 bridgehead atoms. The molecule has 0 amide bonds. The molecular formula is C5H5Cl2NO2. The van der Waals surface area contributed by atoms with E-state index in [2.05, 4.69) is 0 Å². The van der Waals surface area contributed by atoms with Crippen LogP contribution in [0.3, 0.4) is 0 Å². The molecule has 1 heterocycles. The van der Waals surface area contributed by atoms with Gasteiger partial charge >= 0.3 is 5.56 Å². The molecule has 0 aliphatic heterocycles. The van der Waals surface area contributed by atoms with Gasteiger partial charge in [0.25, 0.3) is 0 Å². The molecule has 0 N–H and O–H groups in total. The first kappa shape index (κ1) is 7.69. The Morgan fingerprint density at radius 1 is 1.70 bits per heavy atom. The lowest BCUT2D eigenvalue weighted by atomic mass is 10.5. The van der Waals surface area contributed by atoms with Crippen molar-refractivity contribution in [2.45, 2.75) is 12.9 Å². The van der Waals surface area contributed by atoms with Gasteiger partial charge in [0.05, 0.1) is 0 Å². The minimum absolute atomic E-state index is 0.00755. The smallest absolute Gasteiger partial charge is 0.302 e. The molecule has 10 heavy (non-hydrogen) atoms. The normalized spacial score (nSPS) is 10.3. The average Bonchev–Trinajstić information content (AvgIpc) is 2.17. The molecule has 1 aromatic heterocycles. The van der Waals surface area contributed by atoms with Crippen molar-refractivity contribution >= 4 is 23.2 Å². The Morgan fingerprint density at radius 3 is 2.50 bits per heavy atom. The molecule has 1 rings (SSSR count). The molecule has 0 radical (unpaired) electrons. The number of hydrogen-bond acceptors (Lipinski definition) is 2. The van der Waals surface area contributed by atoms with Crippen LogP contribution in [-0.2, 0) is 6.00 Å². The lowest BCUT2D eigenvalue weighted by Gasteiger charge is -1.86. The van der Waals surface area contributed by atoms with E-state index in [1.54, 1.807) is 6.92 Å². The number of rotatable bonds is 1. The van der Waals surface area contributed by atoms with Crippen LogP contribution in [0.15, 0.2) is 9.32 Å². The van der Waals surface area contributed by atoms with Crippen LogP contribution in [-0.4, -0.2) is 4.74 Å². The van der Waals surface area contributed by atoms with Gasteiger partial charge < -0.3 is 4.52 Å². The zero-order valence-electron chi connectivity index (χ0n) is 5.23. The molecule has 0 atom stereocenters. The third kappa shape index (κ3) is 1.07. The minimum atomic E-state index is -0.380. The second-order valence-electron chi connectivity index (χ2n) is 1.76. The highest BCUT2D eigenvalue weighted by Crippen LogP contribution is 2.09. The molecule has 0 aromatic carbocycles. The maximum absolute atomic E-state index is 10.9. The lowest BCUT2D eigenvalue weighted by Crippen LogP contribution is -2.11. The van der Waals surface area contributed by atoms with Gasteiger partial charge in [0.2, 0.25) is 0 Å². The molecule has 0 fully saturated rings. The van der Waals surface area contributed by atoms with Gasteiger partial charge in [-0.2, -0.15) is 4.74 Å². The van der Waals surface area contributed by atoms with Gasteiger partial charge in [-0.3, -0.25) is 4.79 Å². The summed E-state index contributed by atoms with van der Waals surface area (Å²) in [5, 5.41) is 0.0978. The zero-order valence-corrected chi connectivity index (χ0v) is 6.74. The fourth-order valence-corrected chi connectivity index (χ4v) is 0.872. The third-order valence-electron chi connectivity index (χ3n) is 1.08. The second kappa shape index (κ2) is 2.68. The van der Waals surface area contributed by atoms with Crippen LogP contribution in [0.4, 0.5) is 0 Å². The van der Waals surface area contributed by atoms with E-state index in [0.717, 1.165) is 4.74 Å². The predicted octanol–water partition coefficient (Wildman–Crippen LogP) is 1.60. The Kier molecular flexibility index (Phi) is 2.06. The van der Waals surface area contributed by atoms with E-state index >= 15 is 0 Å². The van der Waals surface area contributed by atoms with Crippen molar-refractivity contribution in [3.63, 3.8) is 0 Å². The van der Waals surface area contributed by atoms with Crippen molar-refractivity contribution in [3.8, 4) is 0 Å². The number of alkyl halides is 1. The topological polar surface area (TPSA) is 35.1 Å². The quantitative estimate of drug-likeness (QED) is 0.618. The largest absolute Gasteiger partial charge is 0.378 e. The molecule has 56 valence electrons. The second-order valence-corrected chi connectivity index (χ2v) is 2.38. The Balaban J connectivity index is 3.31. The Bertz CT molecular complexity index is 288. The standard InChI is InChI=1S/C5H5Cl2NO2/c1-3-4(7)5(9)8(2-6)10-3/h2H2,1H3. The van der Waals surface area contributed by atoms with E-state index in [1.165, 1.54) is 0 Å². The van der Waals surface area contributed by atoms with Gasteiger partial charge in [-0.15, -0.1) is 0 Å². The Hall–Kier alpha value is -0.410. The van der Waals surface area contributed by atoms with Crippen molar-refractivity contribution in [1.29, 1.82) is 0 Å². The van der Waals surface area contributed by atoms with Crippen LogP contribution in [0.25, 0.3) is 0 Å². The molecule has 0 aliphatic carbocycles. The lowest BCUT2D eigenvalue weighted by molar-refractivity contribution is 0.277. The van der Waals surface area contributed by atoms with E-state index in [1.807, 2.05) is 0 Å². The van der Waals surface area contributed by atoms with E-state index in [-0.39, 0.29) is 16.6 Å². The number of nitrogens with zero attached hydrogens (tertiary/aromatic N) is 1. The van der Waals surface area contributed by atoms with Gasteiger partial charge in [0.15, 0.2) is 5.76 Å². The number of hydrogen-bond donors (Lipinski definition) is 0. The van der Waals surface area contributed by atoms with Gasteiger partial charge in [0, 0.05) is 0 Å². The maximum atomic E-state index is 10.9. The summed E-state index contributed by atoms with van der Waals surface area (Å²) >= 11 is 10.8. The fraction of sp³-hybridized carbons (Fsp3) is 0.400. The number of halogens is 2. The summed E-state index contributed by atoms with van der Waals surface area (Å²) in [6.07, 6.45) is 0. The average molecular weight is 182 g/mol. The van der Waals surface area contributed by atoms with Crippen molar-refractivity contribution in [3.05, 3.63) is 21.1 Å². The molecule has 0 saturated carbocycles. The summed E-state index contributed by atoms with van der Waals surface area (Å²) in [5.74, 6) is 0.396. The van der Waals surface area contributed by atoms with Crippen LogP contribution in [0, 0.1) is 6.92 Å². The van der Waals surface area contributed by atoms with Crippen molar-refractivity contribution in [2.24, 2.45) is 0 Å². The molecule has 0 spiro atoms. The highest BCUT2D eigenvalue weighted by molar-refractivity contribution is 6.30. The molecule has 0 aliphatic rings. The summed E-state index contributed by atoms with van der Waals surface area (Å²) in [7, 11) is 0. The summed E-state index contributed by atoms with van der Waals surface area (Å²) in [4.78, 5) is 10.9. The molecular weight excluding hydrogens is 177 g/mol. The van der Waals surface area contributed by atoms with Gasteiger partial charge in [-0.25, -0.2) is 0 Å². The fourth-order valence-electron chi connectivity index (χ4n) is 0.586. The Labute approximate surface area is 67.1 Å². The first-order chi connectivity index (χ1) is 4.66. The maximum Gasteiger partial charge on any atom is 0.302 e. The predicted molar refractivity (Wildman–Crippen MR) is 38.6 cm³/mol.